The first-order valence-electron chi connectivity index (χ1n) is 6.08. The number of aryl methyl sites for hydroxylation is 2. The second kappa shape index (κ2) is 5.27. The van der Waals surface area contributed by atoms with Gasteiger partial charge in [0.1, 0.15) is 17.6 Å². The molecule has 0 aliphatic heterocycles. The van der Waals surface area contributed by atoms with E-state index in [0.717, 1.165) is 5.76 Å². The van der Waals surface area contributed by atoms with Crippen molar-refractivity contribution in [2.24, 2.45) is 12.8 Å². The summed E-state index contributed by atoms with van der Waals surface area (Å²) < 4.78 is 7.08. The smallest absolute Gasteiger partial charge is 0.242 e. The first kappa shape index (κ1) is 13.4. The first-order chi connectivity index (χ1) is 8.97. The van der Waals surface area contributed by atoms with Crippen molar-refractivity contribution in [2.45, 2.75) is 25.9 Å². The predicted octanol–water partition coefficient (Wildman–Crippen LogP) is 1.20. The fourth-order valence-corrected chi connectivity index (χ4v) is 1.81. The molecule has 0 spiro atoms. The van der Waals surface area contributed by atoms with E-state index in [1.807, 2.05) is 26.0 Å². The molecule has 0 saturated carbocycles. The van der Waals surface area contributed by atoms with E-state index >= 15 is 0 Å². The van der Waals surface area contributed by atoms with Gasteiger partial charge in [0.2, 0.25) is 5.91 Å². The minimum absolute atomic E-state index is 0.219. The van der Waals surface area contributed by atoms with Gasteiger partial charge in [-0.15, -0.1) is 0 Å². The van der Waals surface area contributed by atoms with Crippen LogP contribution in [0.4, 0.5) is 0 Å². The third-order valence-corrected chi connectivity index (χ3v) is 2.91. The first-order valence-corrected chi connectivity index (χ1v) is 6.08. The maximum atomic E-state index is 12.0. The van der Waals surface area contributed by atoms with E-state index in [1.165, 1.54) is 0 Å². The molecule has 2 rings (SSSR count). The Kier molecular flexibility index (Phi) is 3.71. The van der Waals surface area contributed by atoms with Crippen LogP contribution in [0, 0.1) is 6.92 Å². The summed E-state index contributed by atoms with van der Waals surface area (Å²) in [6, 6.07) is 2.76. The summed E-state index contributed by atoms with van der Waals surface area (Å²) in [5, 5.41) is 6.82. The van der Waals surface area contributed by atoms with Gasteiger partial charge in [-0.25, -0.2) is 0 Å². The minimum Gasteiger partial charge on any atom is -0.464 e. The standard InChI is InChI=1S/C13H18N4O2/c1-8-4-5-11(19-8)9(2)16-13(18)12(14)10-6-15-17(3)7-10/h4-7,9,12H,14H2,1-3H3,(H,16,18). The average Bonchev–Trinajstić information content (AvgIpc) is 2.97. The van der Waals surface area contributed by atoms with Crippen molar-refractivity contribution in [3.05, 3.63) is 41.6 Å². The number of rotatable bonds is 4. The molecule has 0 saturated heterocycles. The molecule has 102 valence electrons. The fraction of sp³-hybridized carbons (Fsp3) is 0.385. The number of nitrogens with two attached hydrogens (primary N) is 1. The maximum absolute atomic E-state index is 12.0. The average molecular weight is 262 g/mol. The van der Waals surface area contributed by atoms with E-state index in [0.29, 0.717) is 11.3 Å². The Balaban J connectivity index is 2.01. The van der Waals surface area contributed by atoms with Crippen molar-refractivity contribution in [2.75, 3.05) is 0 Å². The lowest BCUT2D eigenvalue weighted by atomic mass is 10.1. The molecule has 19 heavy (non-hydrogen) atoms. The van der Waals surface area contributed by atoms with Crippen LogP contribution < -0.4 is 11.1 Å². The lowest BCUT2D eigenvalue weighted by Gasteiger charge is -2.15. The van der Waals surface area contributed by atoms with Crippen LogP contribution in [0.2, 0.25) is 0 Å². The summed E-state index contributed by atoms with van der Waals surface area (Å²) in [6.07, 6.45) is 3.32. The highest BCUT2D eigenvalue weighted by Crippen LogP contribution is 2.17. The second-order valence-corrected chi connectivity index (χ2v) is 4.60. The number of amides is 1. The van der Waals surface area contributed by atoms with Crippen LogP contribution in [0.25, 0.3) is 0 Å². The van der Waals surface area contributed by atoms with Crippen molar-refractivity contribution in [1.82, 2.24) is 15.1 Å². The predicted molar refractivity (Wildman–Crippen MR) is 70.1 cm³/mol. The lowest BCUT2D eigenvalue weighted by molar-refractivity contribution is -0.123. The zero-order chi connectivity index (χ0) is 14.0. The Morgan fingerprint density at radius 3 is 2.79 bits per heavy atom. The van der Waals surface area contributed by atoms with Crippen molar-refractivity contribution >= 4 is 5.91 Å². The third-order valence-electron chi connectivity index (χ3n) is 2.91. The summed E-state index contributed by atoms with van der Waals surface area (Å²) in [4.78, 5) is 12.0. The number of furan rings is 1. The summed E-state index contributed by atoms with van der Waals surface area (Å²) in [7, 11) is 1.78. The molecule has 0 aliphatic carbocycles. The van der Waals surface area contributed by atoms with E-state index in [2.05, 4.69) is 10.4 Å². The molecule has 2 atom stereocenters. The van der Waals surface area contributed by atoms with Gasteiger partial charge in [-0.3, -0.25) is 9.48 Å². The van der Waals surface area contributed by atoms with Gasteiger partial charge in [0.05, 0.1) is 12.2 Å². The van der Waals surface area contributed by atoms with Gasteiger partial charge in [-0.2, -0.15) is 5.10 Å². The normalized spacial score (nSPS) is 14.1. The van der Waals surface area contributed by atoms with E-state index in [-0.39, 0.29) is 11.9 Å². The highest BCUT2D eigenvalue weighted by molar-refractivity contribution is 5.83. The molecule has 0 aromatic carbocycles. The van der Waals surface area contributed by atoms with Crippen LogP contribution >= 0.6 is 0 Å². The molecule has 6 nitrogen and oxygen atoms in total. The number of nitrogens with one attached hydrogen (secondary N) is 1. The third kappa shape index (κ3) is 3.03. The molecule has 3 N–H and O–H groups in total. The zero-order valence-corrected chi connectivity index (χ0v) is 11.3. The zero-order valence-electron chi connectivity index (χ0n) is 11.3. The van der Waals surface area contributed by atoms with Crippen LogP contribution in [0.5, 0.6) is 0 Å². The largest absolute Gasteiger partial charge is 0.464 e. The molecule has 0 fully saturated rings. The molecule has 2 aromatic heterocycles. The molecule has 2 unspecified atom stereocenters. The Bertz CT molecular complexity index is 573. The van der Waals surface area contributed by atoms with E-state index in [1.54, 1.807) is 24.1 Å². The van der Waals surface area contributed by atoms with Crippen LogP contribution in [0.15, 0.2) is 28.9 Å². The van der Waals surface area contributed by atoms with Gasteiger partial charge in [-0.05, 0) is 26.0 Å². The fourth-order valence-electron chi connectivity index (χ4n) is 1.81. The summed E-state index contributed by atoms with van der Waals surface area (Å²) in [5.74, 6) is 1.27. The van der Waals surface area contributed by atoms with Gasteiger partial charge >= 0.3 is 0 Å². The van der Waals surface area contributed by atoms with Crippen molar-refractivity contribution in [3.63, 3.8) is 0 Å². The number of nitrogens with zero attached hydrogens (tertiary/aromatic N) is 2. The van der Waals surface area contributed by atoms with Crippen LogP contribution in [-0.4, -0.2) is 15.7 Å². The second-order valence-electron chi connectivity index (χ2n) is 4.60. The molecule has 0 aliphatic rings. The summed E-state index contributed by atoms with van der Waals surface area (Å²) in [6.45, 7) is 3.71. The van der Waals surface area contributed by atoms with E-state index in [4.69, 9.17) is 10.2 Å². The molecular formula is C13H18N4O2. The summed E-state index contributed by atoms with van der Waals surface area (Å²) >= 11 is 0. The maximum Gasteiger partial charge on any atom is 0.242 e. The SMILES string of the molecule is Cc1ccc(C(C)NC(=O)C(N)c2cnn(C)c2)o1. The van der Waals surface area contributed by atoms with Crippen LogP contribution in [0.3, 0.4) is 0 Å². The van der Waals surface area contributed by atoms with Crippen molar-refractivity contribution in [1.29, 1.82) is 0 Å². The van der Waals surface area contributed by atoms with Crippen LogP contribution in [0.1, 0.15) is 36.1 Å². The number of hydrogen-bond donors (Lipinski definition) is 2. The Morgan fingerprint density at radius 1 is 1.53 bits per heavy atom. The Morgan fingerprint density at radius 2 is 2.26 bits per heavy atom. The molecular weight excluding hydrogens is 244 g/mol. The van der Waals surface area contributed by atoms with Crippen molar-refractivity contribution < 1.29 is 9.21 Å². The molecule has 2 aromatic rings. The molecule has 6 heteroatoms. The van der Waals surface area contributed by atoms with E-state index < -0.39 is 6.04 Å². The van der Waals surface area contributed by atoms with Gasteiger partial charge < -0.3 is 15.5 Å². The van der Waals surface area contributed by atoms with Gasteiger partial charge in [0.15, 0.2) is 0 Å². The molecule has 0 bridgehead atoms. The molecule has 2 heterocycles. The molecule has 1 amide bonds. The lowest BCUT2D eigenvalue weighted by Crippen LogP contribution is -2.35. The Hall–Kier alpha value is -2.08. The number of carbonyl (C=O) groups is 1. The van der Waals surface area contributed by atoms with Crippen LogP contribution in [-0.2, 0) is 11.8 Å². The van der Waals surface area contributed by atoms with E-state index in [9.17, 15) is 4.79 Å². The van der Waals surface area contributed by atoms with Gasteiger partial charge in [-0.1, -0.05) is 0 Å². The van der Waals surface area contributed by atoms with Crippen molar-refractivity contribution in [3.8, 4) is 0 Å². The number of hydrogen-bond acceptors (Lipinski definition) is 4. The highest BCUT2D eigenvalue weighted by atomic mass is 16.3. The van der Waals surface area contributed by atoms with Gasteiger partial charge in [0.25, 0.3) is 0 Å². The summed E-state index contributed by atoms with van der Waals surface area (Å²) in [5.41, 5.74) is 6.57. The highest BCUT2D eigenvalue weighted by Gasteiger charge is 2.20. The number of carbonyl (C=O) groups excluding carboxylic acids is 1. The van der Waals surface area contributed by atoms with Gasteiger partial charge in [0, 0.05) is 18.8 Å². The Labute approximate surface area is 111 Å². The monoisotopic (exact) mass is 262 g/mol. The quantitative estimate of drug-likeness (QED) is 0.866. The minimum atomic E-state index is -0.729. The number of aromatic nitrogens is 2. The topological polar surface area (TPSA) is 86.1 Å². The molecule has 0 radical (unpaired) electrons.